The molecule has 24 heavy (non-hydrogen) atoms. The number of hydrogen-bond acceptors (Lipinski definition) is 0. The maximum Gasteiger partial charge on any atom is -0.0135 e. The van der Waals surface area contributed by atoms with Gasteiger partial charge in [-0.1, -0.05) is 112 Å². The lowest BCUT2D eigenvalue weighted by Crippen LogP contribution is -2.10. The molecule has 0 fully saturated rings. The summed E-state index contributed by atoms with van der Waals surface area (Å²) in [5, 5.41) is 0. The van der Waals surface area contributed by atoms with E-state index in [1.54, 1.807) is 0 Å². The molecule has 0 aromatic carbocycles. The van der Waals surface area contributed by atoms with Gasteiger partial charge in [0.15, 0.2) is 0 Å². The SMILES string of the molecule is CC=CC(=CC(C)CC(C)CCCC(CC)CCCC)C(C)(C)C. The molecule has 142 valence electrons. The van der Waals surface area contributed by atoms with Gasteiger partial charge >= 0.3 is 0 Å². The van der Waals surface area contributed by atoms with Gasteiger partial charge in [-0.25, -0.2) is 0 Å². The topological polar surface area (TPSA) is 0 Å². The largest absolute Gasteiger partial charge is 0.0874 e. The summed E-state index contributed by atoms with van der Waals surface area (Å²) in [6.45, 7) is 18.6. The van der Waals surface area contributed by atoms with Crippen LogP contribution in [-0.2, 0) is 0 Å². The van der Waals surface area contributed by atoms with Crippen molar-refractivity contribution in [3.8, 4) is 0 Å². The number of unbranched alkanes of at least 4 members (excludes halogenated alkanes) is 1. The highest BCUT2D eigenvalue weighted by Crippen LogP contribution is 2.30. The predicted octanol–water partition coefficient (Wildman–Crippen LogP) is 8.58. The molecule has 0 heterocycles. The lowest BCUT2D eigenvalue weighted by molar-refractivity contribution is 0.363. The van der Waals surface area contributed by atoms with Crippen molar-refractivity contribution in [3.05, 3.63) is 23.8 Å². The molecule has 0 spiro atoms. The van der Waals surface area contributed by atoms with E-state index in [0.29, 0.717) is 5.92 Å². The Morgan fingerprint density at radius 3 is 2.08 bits per heavy atom. The normalized spacial score (nSPS) is 17.2. The third kappa shape index (κ3) is 11.1. The first-order valence-corrected chi connectivity index (χ1v) is 10.6. The molecule has 0 heteroatoms. The van der Waals surface area contributed by atoms with Crippen LogP contribution in [0.2, 0.25) is 0 Å². The van der Waals surface area contributed by atoms with Crippen LogP contribution in [0.15, 0.2) is 23.8 Å². The third-order valence-corrected chi connectivity index (χ3v) is 5.30. The van der Waals surface area contributed by atoms with E-state index < -0.39 is 0 Å². The van der Waals surface area contributed by atoms with E-state index in [1.165, 1.54) is 56.9 Å². The maximum absolute atomic E-state index is 2.51. The van der Waals surface area contributed by atoms with E-state index in [-0.39, 0.29) is 5.41 Å². The molecule has 0 aliphatic carbocycles. The van der Waals surface area contributed by atoms with Crippen LogP contribution >= 0.6 is 0 Å². The Bertz CT molecular complexity index is 353. The Balaban J connectivity index is 4.32. The Labute approximate surface area is 154 Å². The fourth-order valence-electron chi connectivity index (χ4n) is 3.66. The van der Waals surface area contributed by atoms with Gasteiger partial charge in [-0.15, -0.1) is 0 Å². The van der Waals surface area contributed by atoms with Gasteiger partial charge in [0.05, 0.1) is 0 Å². The molecule has 0 radical (unpaired) electrons. The molecule has 0 amide bonds. The van der Waals surface area contributed by atoms with Crippen LogP contribution in [0, 0.1) is 23.2 Å². The molecule has 0 saturated heterocycles. The van der Waals surface area contributed by atoms with Crippen LogP contribution in [0.5, 0.6) is 0 Å². The van der Waals surface area contributed by atoms with Crippen molar-refractivity contribution >= 4 is 0 Å². The van der Waals surface area contributed by atoms with Crippen LogP contribution in [0.4, 0.5) is 0 Å². The van der Waals surface area contributed by atoms with Gasteiger partial charge in [0.1, 0.15) is 0 Å². The third-order valence-electron chi connectivity index (χ3n) is 5.30. The van der Waals surface area contributed by atoms with Crippen molar-refractivity contribution in [3.63, 3.8) is 0 Å². The molecule has 0 nitrogen and oxygen atoms in total. The highest BCUT2D eigenvalue weighted by atomic mass is 14.2. The number of hydrogen-bond donors (Lipinski definition) is 0. The van der Waals surface area contributed by atoms with E-state index >= 15 is 0 Å². The smallest absolute Gasteiger partial charge is 0.0135 e. The lowest BCUT2D eigenvalue weighted by atomic mass is 9.82. The van der Waals surface area contributed by atoms with Gasteiger partial charge in [0.2, 0.25) is 0 Å². The van der Waals surface area contributed by atoms with Gasteiger partial charge in [0.25, 0.3) is 0 Å². The Hall–Kier alpha value is -0.520. The molecule has 3 unspecified atom stereocenters. The summed E-state index contributed by atoms with van der Waals surface area (Å²) in [5.41, 5.74) is 1.73. The van der Waals surface area contributed by atoms with Crippen molar-refractivity contribution in [2.24, 2.45) is 23.2 Å². The summed E-state index contributed by atoms with van der Waals surface area (Å²) in [4.78, 5) is 0. The second kappa shape index (κ2) is 12.8. The summed E-state index contributed by atoms with van der Waals surface area (Å²) >= 11 is 0. The molecule has 3 atom stereocenters. The lowest BCUT2D eigenvalue weighted by Gasteiger charge is -2.23. The highest BCUT2D eigenvalue weighted by Gasteiger charge is 2.16. The molecule has 0 N–H and O–H groups in total. The first kappa shape index (κ1) is 23.5. The first-order chi connectivity index (χ1) is 11.2. The zero-order chi connectivity index (χ0) is 18.6. The minimum absolute atomic E-state index is 0.248. The number of allylic oxidation sites excluding steroid dienone is 4. The standard InChI is InChI=1S/C24H46/c1-9-12-16-22(11-3)17-13-15-20(4)18-21(5)19-23(14-10-2)24(6,7)8/h10,14,19-22H,9,11-13,15-18H2,1-8H3. The van der Waals surface area contributed by atoms with Gasteiger partial charge < -0.3 is 0 Å². The second-order valence-corrected chi connectivity index (χ2v) is 9.04. The molecule has 0 rings (SSSR count). The zero-order valence-corrected chi connectivity index (χ0v) is 18.1. The van der Waals surface area contributed by atoms with Crippen molar-refractivity contribution < 1.29 is 0 Å². The number of rotatable bonds is 12. The fourth-order valence-corrected chi connectivity index (χ4v) is 3.66. The average molecular weight is 335 g/mol. The molecular weight excluding hydrogens is 288 g/mol. The summed E-state index contributed by atoms with van der Waals surface area (Å²) in [5.74, 6) is 2.48. The van der Waals surface area contributed by atoms with Gasteiger partial charge in [-0.05, 0) is 42.1 Å². The van der Waals surface area contributed by atoms with Crippen molar-refractivity contribution in [1.82, 2.24) is 0 Å². The van der Waals surface area contributed by atoms with Crippen LogP contribution in [-0.4, -0.2) is 0 Å². The van der Waals surface area contributed by atoms with E-state index in [2.05, 4.69) is 73.6 Å². The fraction of sp³-hybridized carbons (Fsp3) is 0.833. The van der Waals surface area contributed by atoms with Crippen molar-refractivity contribution in [1.29, 1.82) is 0 Å². The van der Waals surface area contributed by atoms with Gasteiger partial charge in [0, 0.05) is 0 Å². The Kier molecular flexibility index (Phi) is 12.5. The summed E-state index contributed by atoms with van der Waals surface area (Å²) in [6, 6.07) is 0. The minimum atomic E-state index is 0.248. The summed E-state index contributed by atoms with van der Waals surface area (Å²) in [6.07, 6.45) is 18.1. The molecule has 0 bridgehead atoms. The Morgan fingerprint density at radius 2 is 1.58 bits per heavy atom. The van der Waals surface area contributed by atoms with Crippen molar-refractivity contribution in [2.75, 3.05) is 0 Å². The average Bonchev–Trinajstić information content (AvgIpc) is 2.49. The second-order valence-electron chi connectivity index (χ2n) is 9.04. The van der Waals surface area contributed by atoms with Crippen LogP contribution in [0.25, 0.3) is 0 Å². The molecule has 0 saturated carbocycles. The van der Waals surface area contributed by atoms with Gasteiger partial charge in [-0.3, -0.25) is 0 Å². The molecule has 0 aromatic rings. The first-order valence-electron chi connectivity index (χ1n) is 10.6. The van der Waals surface area contributed by atoms with Crippen LogP contribution in [0.1, 0.15) is 107 Å². The van der Waals surface area contributed by atoms with E-state index in [0.717, 1.165) is 11.8 Å². The molecule has 0 aliphatic heterocycles. The van der Waals surface area contributed by atoms with E-state index in [4.69, 9.17) is 0 Å². The quantitative estimate of drug-likeness (QED) is 0.313. The van der Waals surface area contributed by atoms with E-state index in [9.17, 15) is 0 Å². The van der Waals surface area contributed by atoms with E-state index in [1.807, 2.05) is 0 Å². The molecular formula is C24H46. The Morgan fingerprint density at radius 1 is 0.958 bits per heavy atom. The molecule has 0 aliphatic rings. The van der Waals surface area contributed by atoms with Gasteiger partial charge in [-0.2, -0.15) is 0 Å². The summed E-state index contributed by atoms with van der Waals surface area (Å²) < 4.78 is 0. The maximum atomic E-state index is 2.51. The van der Waals surface area contributed by atoms with Crippen LogP contribution < -0.4 is 0 Å². The predicted molar refractivity (Wildman–Crippen MR) is 112 cm³/mol. The summed E-state index contributed by atoms with van der Waals surface area (Å²) in [7, 11) is 0. The zero-order valence-electron chi connectivity index (χ0n) is 18.1. The monoisotopic (exact) mass is 334 g/mol. The van der Waals surface area contributed by atoms with Crippen molar-refractivity contribution in [2.45, 2.75) is 107 Å². The van der Waals surface area contributed by atoms with Crippen LogP contribution in [0.3, 0.4) is 0 Å². The molecule has 0 aromatic heterocycles. The minimum Gasteiger partial charge on any atom is -0.0874 e. The highest BCUT2D eigenvalue weighted by molar-refractivity contribution is 5.25.